The van der Waals surface area contributed by atoms with Gasteiger partial charge < -0.3 is 9.47 Å². The van der Waals surface area contributed by atoms with Gasteiger partial charge in [0.15, 0.2) is 0 Å². The first-order chi connectivity index (χ1) is 7.85. The van der Waals surface area contributed by atoms with Crippen molar-refractivity contribution in [3.8, 4) is 16.2 Å². The second-order valence-corrected chi connectivity index (χ2v) is 4.00. The first-order valence-corrected chi connectivity index (χ1v) is 5.67. The lowest BCUT2D eigenvalue weighted by atomic mass is 10.1. The quantitative estimate of drug-likeness (QED) is 0.815. The molecule has 0 amide bonds. The van der Waals surface area contributed by atoms with Crippen LogP contribution < -0.4 is 4.74 Å². The van der Waals surface area contributed by atoms with Gasteiger partial charge in [-0.3, -0.25) is 0 Å². The van der Waals surface area contributed by atoms with Crippen LogP contribution >= 0.6 is 11.3 Å². The van der Waals surface area contributed by atoms with Gasteiger partial charge in [0.1, 0.15) is 12.4 Å². The fourth-order valence-electron chi connectivity index (χ4n) is 1.41. The van der Waals surface area contributed by atoms with E-state index >= 15 is 0 Å². The molecule has 0 saturated carbocycles. The van der Waals surface area contributed by atoms with Gasteiger partial charge in [0.2, 0.25) is 0 Å². The lowest BCUT2D eigenvalue weighted by Crippen LogP contribution is -1.87. The molecule has 83 valence electrons. The van der Waals surface area contributed by atoms with Crippen LogP contribution in [0, 0.1) is 6.61 Å². The molecule has 1 heterocycles. The number of nitrogens with zero attached hydrogens (tertiary/aromatic N) is 1. The van der Waals surface area contributed by atoms with Crippen molar-refractivity contribution in [2.75, 3.05) is 14.2 Å². The fraction of sp³-hybridized carbons (Fsp3) is 0.167. The Hall–Kier alpha value is -1.39. The van der Waals surface area contributed by atoms with Gasteiger partial charge in [0.05, 0.1) is 23.2 Å². The lowest BCUT2D eigenvalue weighted by Gasteiger charge is -2.03. The molecule has 0 aliphatic heterocycles. The number of hydrogen-bond donors (Lipinski definition) is 0. The third-order valence-electron chi connectivity index (χ3n) is 2.18. The molecule has 1 radical (unpaired) electrons. The largest absolute Gasteiger partial charge is 0.497 e. The molecule has 0 aliphatic rings. The van der Waals surface area contributed by atoms with Crippen LogP contribution in [0.2, 0.25) is 0 Å². The topological polar surface area (TPSA) is 31.4 Å². The van der Waals surface area contributed by atoms with E-state index in [1.165, 1.54) is 0 Å². The maximum Gasteiger partial charge on any atom is 0.132 e. The molecular formula is C12H12NO2S. The van der Waals surface area contributed by atoms with Crippen LogP contribution in [-0.4, -0.2) is 19.2 Å². The van der Waals surface area contributed by atoms with Crippen molar-refractivity contribution in [2.24, 2.45) is 0 Å². The molecule has 3 nitrogen and oxygen atoms in total. The minimum absolute atomic E-state index is 0.852. The Labute approximate surface area is 98.7 Å². The highest BCUT2D eigenvalue weighted by atomic mass is 32.1. The molecule has 1 aromatic heterocycles. The van der Waals surface area contributed by atoms with Gasteiger partial charge in [0.25, 0.3) is 0 Å². The summed E-state index contributed by atoms with van der Waals surface area (Å²) >= 11 is 1.59. The molecule has 0 spiro atoms. The Bertz CT molecular complexity index is 450. The van der Waals surface area contributed by atoms with Crippen molar-refractivity contribution in [1.29, 1.82) is 0 Å². The van der Waals surface area contributed by atoms with E-state index in [1.54, 1.807) is 32.2 Å². The monoisotopic (exact) mass is 234 g/mol. The molecule has 1 aromatic carbocycles. The Morgan fingerprint density at radius 1 is 1.19 bits per heavy atom. The molecule has 0 unspecified atom stereocenters. The highest BCUT2D eigenvalue weighted by Gasteiger charge is 2.08. The van der Waals surface area contributed by atoms with Gasteiger partial charge in [-0.25, -0.2) is 4.98 Å². The molecular weight excluding hydrogens is 222 g/mol. The summed E-state index contributed by atoms with van der Waals surface area (Å²) in [5.41, 5.74) is 3.79. The molecule has 16 heavy (non-hydrogen) atoms. The zero-order valence-electron chi connectivity index (χ0n) is 9.14. The number of benzene rings is 1. The third-order valence-corrected chi connectivity index (χ3v) is 3.07. The molecule has 0 bridgehead atoms. The first-order valence-electron chi connectivity index (χ1n) is 4.79. The first kappa shape index (κ1) is 11.1. The van der Waals surface area contributed by atoms with E-state index in [0.717, 1.165) is 21.9 Å². The second kappa shape index (κ2) is 5.09. The van der Waals surface area contributed by atoms with Crippen LogP contribution in [0.5, 0.6) is 5.75 Å². The second-order valence-electron chi connectivity index (χ2n) is 3.15. The SMILES string of the molecule is CO[CH]c1ncsc1-c1ccc(OC)cc1. The van der Waals surface area contributed by atoms with Crippen molar-refractivity contribution in [3.05, 3.63) is 42.1 Å². The molecule has 0 fully saturated rings. The van der Waals surface area contributed by atoms with Crippen LogP contribution in [0.3, 0.4) is 0 Å². The van der Waals surface area contributed by atoms with Crippen molar-refractivity contribution >= 4 is 11.3 Å². The Morgan fingerprint density at radius 2 is 1.94 bits per heavy atom. The fourth-order valence-corrected chi connectivity index (χ4v) is 2.17. The van der Waals surface area contributed by atoms with Crippen molar-refractivity contribution in [1.82, 2.24) is 4.98 Å². The molecule has 2 rings (SSSR count). The highest BCUT2D eigenvalue weighted by Crippen LogP contribution is 2.29. The molecule has 2 aromatic rings. The van der Waals surface area contributed by atoms with Crippen LogP contribution in [0.25, 0.3) is 10.4 Å². The molecule has 0 saturated heterocycles. The van der Waals surface area contributed by atoms with Gasteiger partial charge in [-0.15, -0.1) is 11.3 Å². The molecule has 0 N–H and O–H groups in total. The van der Waals surface area contributed by atoms with E-state index < -0.39 is 0 Å². The maximum absolute atomic E-state index is 5.12. The number of aromatic nitrogens is 1. The summed E-state index contributed by atoms with van der Waals surface area (Å²) in [5, 5.41) is 0. The van der Waals surface area contributed by atoms with E-state index in [9.17, 15) is 0 Å². The zero-order chi connectivity index (χ0) is 11.4. The van der Waals surface area contributed by atoms with Crippen LogP contribution in [0.1, 0.15) is 5.69 Å². The third kappa shape index (κ3) is 2.23. The van der Waals surface area contributed by atoms with E-state index in [0.29, 0.717) is 0 Å². The number of methoxy groups -OCH3 is 2. The Balaban J connectivity index is 2.31. The standard InChI is InChI=1S/C12H12NO2S/c1-14-7-11-12(16-8-13-11)9-3-5-10(15-2)6-4-9/h3-8H,1-2H3. The van der Waals surface area contributed by atoms with Crippen molar-refractivity contribution < 1.29 is 9.47 Å². The minimum atomic E-state index is 0.852. The molecule has 0 aliphatic carbocycles. The van der Waals surface area contributed by atoms with Gasteiger partial charge >= 0.3 is 0 Å². The number of rotatable bonds is 4. The molecule has 0 atom stereocenters. The normalized spacial score (nSPS) is 10.4. The summed E-state index contributed by atoms with van der Waals surface area (Å²) in [7, 11) is 3.28. The van der Waals surface area contributed by atoms with Gasteiger partial charge in [-0.2, -0.15) is 0 Å². The molecule has 4 heteroatoms. The zero-order valence-corrected chi connectivity index (χ0v) is 9.95. The average molecular weight is 234 g/mol. The van der Waals surface area contributed by atoms with Crippen LogP contribution in [0.15, 0.2) is 29.8 Å². The number of hydrogen-bond acceptors (Lipinski definition) is 4. The average Bonchev–Trinajstić information content (AvgIpc) is 2.78. The smallest absolute Gasteiger partial charge is 0.132 e. The maximum atomic E-state index is 5.12. The summed E-state index contributed by atoms with van der Waals surface area (Å²) in [4.78, 5) is 5.33. The van der Waals surface area contributed by atoms with Crippen molar-refractivity contribution in [2.45, 2.75) is 0 Å². The van der Waals surface area contributed by atoms with E-state index in [1.807, 2.05) is 29.8 Å². The minimum Gasteiger partial charge on any atom is -0.497 e. The van der Waals surface area contributed by atoms with Crippen LogP contribution in [0.4, 0.5) is 0 Å². The summed E-state index contributed by atoms with van der Waals surface area (Å²) in [6, 6.07) is 7.90. The van der Waals surface area contributed by atoms with Gasteiger partial charge in [-0.1, -0.05) is 0 Å². The predicted molar refractivity (Wildman–Crippen MR) is 64.5 cm³/mol. The van der Waals surface area contributed by atoms with E-state index in [4.69, 9.17) is 9.47 Å². The highest BCUT2D eigenvalue weighted by molar-refractivity contribution is 7.13. The number of ether oxygens (including phenoxy) is 2. The van der Waals surface area contributed by atoms with Crippen molar-refractivity contribution in [3.63, 3.8) is 0 Å². The Morgan fingerprint density at radius 3 is 2.56 bits per heavy atom. The summed E-state index contributed by atoms with van der Waals surface area (Å²) in [6.07, 6.45) is 0. The summed E-state index contributed by atoms with van der Waals surface area (Å²) in [5.74, 6) is 0.852. The van der Waals surface area contributed by atoms with E-state index in [2.05, 4.69) is 4.98 Å². The summed E-state index contributed by atoms with van der Waals surface area (Å²) < 4.78 is 10.1. The van der Waals surface area contributed by atoms with Gasteiger partial charge in [-0.05, 0) is 29.8 Å². The predicted octanol–water partition coefficient (Wildman–Crippen LogP) is 2.97. The number of thiazole rings is 1. The van der Waals surface area contributed by atoms with Gasteiger partial charge in [0, 0.05) is 7.11 Å². The van der Waals surface area contributed by atoms with Crippen LogP contribution in [-0.2, 0) is 4.74 Å². The summed E-state index contributed by atoms with van der Waals surface area (Å²) in [6.45, 7) is 1.65. The van der Waals surface area contributed by atoms with E-state index in [-0.39, 0.29) is 0 Å². The lowest BCUT2D eigenvalue weighted by molar-refractivity contribution is 0.290. The Kier molecular flexibility index (Phi) is 3.54.